The summed E-state index contributed by atoms with van der Waals surface area (Å²) in [7, 11) is 0. The Hall–Kier alpha value is -2.24. The van der Waals surface area contributed by atoms with Crippen LogP contribution >= 0.6 is 23.2 Å². The van der Waals surface area contributed by atoms with Crippen molar-refractivity contribution >= 4 is 40.8 Å². The van der Waals surface area contributed by atoms with Crippen molar-refractivity contribution in [3.8, 4) is 5.75 Å². The maximum Gasteiger partial charge on any atom is 0.342 e. The second-order valence-electron chi connectivity index (χ2n) is 5.13. The number of carbonyl (C=O) groups excluding carboxylic acids is 2. The quantitative estimate of drug-likeness (QED) is 0.794. The predicted octanol–water partition coefficient (Wildman–Crippen LogP) is 4.19. The maximum absolute atomic E-state index is 12.1. The molecular formula is C17H15Cl2NO4. The average Bonchev–Trinajstić information content (AvgIpc) is 2.53. The number of hydrogen-bond acceptors (Lipinski definition) is 4. The Labute approximate surface area is 149 Å². The SMILES string of the molecule is Cc1cccc(C(=O)O[C@H](C)C(=O)Nc2cc(Cl)ccc2Cl)c1O. The standard InChI is InChI=1S/C17H15Cl2NO4/c1-9-4-3-5-12(15(9)21)17(23)24-10(2)16(22)20-14-8-11(18)6-7-13(14)19/h3-8,10,21H,1-2H3,(H,20,22)/t10-/m1/s1. The molecule has 24 heavy (non-hydrogen) atoms. The maximum atomic E-state index is 12.1. The summed E-state index contributed by atoms with van der Waals surface area (Å²) in [5.41, 5.74) is 0.846. The molecule has 0 saturated heterocycles. The number of aryl methyl sites for hydroxylation is 1. The van der Waals surface area contributed by atoms with E-state index in [9.17, 15) is 14.7 Å². The minimum Gasteiger partial charge on any atom is -0.507 e. The summed E-state index contributed by atoms with van der Waals surface area (Å²) in [6.07, 6.45) is -1.09. The fourth-order valence-electron chi connectivity index (χ4n) is 1.93. The fraction of sp³-hybridized carbons (Fsp3) is 0.176. The van der Waals surface area contributed by atoms with Crippen molar-refractivity contribution in [1.82, 2.24) is 0 Å². The minimum absolute atomic E-state index is 0.00422. The van der Waals surface area contributed by atoms with Crippen LogP contribution in [0.5, 0.6) is 5.75 Å². The number of aromatic hydroxyl groups is 1. The van der Waals surface area contributed by atoms with E-state index < -0.39 is 18.0 Å². The van der Waals surface area contributed by atoms with Gasteiger partial charge in [-0.25, -0.2) is 4.79 Å². The number of esters is 1. The van der Waals surface area contributed by atoms with Crippen LogP contribution in [0.25, 0.3) is 0 Å². The molecule has 0 aliphatic heterocycles. The number of hydrogen-bond donors (Lipinski definition) is 2. The van der Waals surface area contributed by atoms with Gasteiger partial charge >= 0.3 is 5.97 Å². The molecule has 0 fully saturated rings. The second-order valence-corrected chi connectivity index (χ2v) is 5.98. The molecule has 0 saturated carbocycles. The number of benzene rings is 2. The Bertz CT molecular complexity index is 792. The summed E-state index contributed by atoms with van der Waals surface area (Å²) in [6, 6.07) is 9.31. The highest BCUT2D eigenvalue weighted by Gasteiger charge is 2.22. The molecule has 2 rings (SSSR count). The molecule has 0 spiro atoms. The second kappa shape index (κ2) is 7.55. The van der Waals surface area contributed by atoms with Gasteiger partial charge in [-0.15, -0.1) is 0 Å². The molecule has 0 unspecified atom stereocenters. The van der Waals surface area contributed by atoms with Gasteiger partial charge in [-0.1, -0.05) is 35.3 Å². The van der Waals surface area contributed by atoms with Crippen molar-refractivity contribution in [2.75, 3.05) is 5.32 Å². The first kappa shape index (κ1) is 18.1. The van der Waals surface area contributed by atoms with E-state index in [2.05, 4.69) is 5.32 Å². The Balaban J connectivity index is 2.07. The number of halogens is 2. The average molecular weight is 368 g/mol. The van der Waals surface area contributed by atoms with E-state index >= 15 is 0 Å². The van der Waals surface area contributed by atoms with E-state index in [1.165, 1.54) is 19.1 Å². The van der Waals surface area contributed by atoms with E-state index in [-0.39, 0.29) is 11.3 Å². The van der Waals surface area contributed by atoms with E-state index in [0.29, 0.717) is 21.3 Å². The number of phenols is 1. The molecule has 0 bridgehead atoms. The number of carbonyl (C=O) groups is 2. The van der Waals surface area contributed by atoms with Crippen LogP contribution in [-0.2, 0) is 9.53 Å². The number of amides is 1. The molecule has 2 aromatic carbocycles. The van der Waals surface area contributed by atoms with Crippen LogP contribution in [0.3, 0.4) is 0 Å². The third kappa shape index (κ3) is 4.19. The molecule has 0 heterocycles. The molecule has 126 valence electrons. The molecule has 0 radical (unpaired) electrons. The van der Waals surface area contributed by atoms with Crippen LogP contribution in [0.2, 0.25) is 10.0 Å². The molecule has 2 N–H and O–H groups in total. The normalized spacial score (nSPS) is 11.7. The Morgan fingerprint density at radius 1 is 1.21 bits per heavy atom. The molecule has 0 aliphatic rings. The number of anilines is 1. The lowest BCUT2D eigenvalue weighted by molar-refractivity contribution is -0.123. The lowest BCUT2D eigenvalue weighted by Crippen LogP contribution is -2.30. The summed E-state index contributed by atoms with van der Waals surface area (Å²) in [6.45, 7) is 3.07. The Morgan fingerprint density at radius 3 is 2.62 bits per heavy atom. The third-order valence-electron chi connectivity index (χ3n) is 3.30. The van der Waals surface area contributed by atoms with Crippen LogP contribution in [-0.4, -0.2) is 23.1 Å². The number of rotatable bonds is 4. The molecule has 2 aromatic rings. The lowest BCUT2D eigenvalue weighted by atomic mass is 10.1. The van der Waals surface area contributed by atoms with Gasteiger partial charge in [-0.05, 0) is 43.7 Å². The zero-order valence-electron chi connectivity index (χ0n) is 13.0. The highest BCUT2D eigenvalue weighted by molar-refractivity contribution is 6.35. The van der Waals surface area contributed by atoms with Gasteiger partial charge < -0.3 is 15.2 Å². The van der Waals surface area contributed by atoms with E-state index in [1.807, 2.05) is 0 Å². The van der Waals surface area contributed by atoms with Crippen LogP contribution in [0.1, 0.15) is 22.8 Å². The zero-order valence-corrected chi connectivity index (χ0v) is 14.5. The highest BCUT2D eigenvalue weighted by atomic mass is 35.5. The largest absolute Gasteiger partial charge is 0.507 e. The topological polar surface area (TPSA) is 75.6 Å². The summed E-state index contributed by atoms with van der Waals surface area (Å²) in [5.74, 6) is -1.54. The van der Waals surface area contributed by atoms with E-state index in [0.717, 1.165) is 0 Å². The van der Waals surface area contributed by atoms with Gasteiger partial charge in [-0.2, -0.15) is 0 Å². The monoisotopic (exact) mass is 367 g/mol. The van der Waals surface area contributed by atoms with Crippen molar-refractivity contribution in [1.29, 1.82) is 0 Å². The Kier molecular flexibility index (Phi) is 5.70. The van der Waals surface area contributed by atoms with Gasteiger partial charge in [0.05, 0.1) is 10.7 Å². The highest BCUT2D eigenvalue weighted by Crippen LogP contribution is 2.26. The first-order valence-corrected chi connectivity index (χ1v) is 7.80. The predicted molar refractivity (Wildman–Crippen MR) is 92.8 cm³/mol. The molecule has 7 heteroatoms. The number of phenolic OH excluding ortho intramolecular Hbond substituents is 1. The van der Waals surface area contributed by atoms with Gasteiger partial charge in [0.25, 0.3) is 5.91 Å². The molecular weight excluding hydrogens is 353 g/mol. The summed E-state index contributed by atoms with van der Waals surface area (Å²) in [5, 5.41) is 13.1. The molecule has 1 atom stereocenters. The van der Waals surface area contributed by atoms with Crippen LogP contribution in [0, 0.1) is 6.92 Å². The lowest BCUT2D eigenvalue weighted by Gasteiger charge is -2.15. The molecule has 5 nitrogen and oxygen atoms in total. The van der Waals surface area contributed by atoms with Crippen molar-refractivity contribution in [2.24, 2.45) is 0 Å². The van der Waals surface area contributed by atoms with Crippen molar-refractivity contribution in [3.05, 3.63) is 57.6 Å². The first-order valence-electron chi connectivity index (χ1n) is 7.05. The van der Waals surface area contributed by atoms with Crippen LogP contribution in [0.4, 0.5) is 5.69 Å². The molecule has 0 aromatic heterocycles. The molecule has 0 aliphatic carbocycles. The number of ether oxygens (including phenoxy) is 1. The molecule has 1 amide bonds. The van der Waals surface area contributed by atoms with Crippen molar-refractivity contribution < 1.29 is 19.4 Å². The first-order chi connectivity index (χ1) is 11.3. The van der Waals surface area contributed by atoms with Crippen LogP contribution < -0.4 is 5.32 Å². The summed E-state index contributed by atoms with van der Waals surface area (Å²) in [4.78, 5) is 24.2. The van der Waals surface area contributed by atoms with Crippen molar-refractivity contribution in [2.45, 2.75) is 20.0 Å². The third-order valence-corrected chi connectivity index (χ3v) is 3.86. The Morgan fingerprint density at radius 2 is 1.92 bits per heavy atom. The van der Waals surface area contributed by atoms with E-state index in [4.69, 9.17) is 27.9 Å². The number of nitrogens with one attached hydrogen (secondary N) is 1. The van der Waals surface area contributed by atoms with E-state index in [1.54, 1.807) is 31.2 Å². The summed E-state index contributed by atoms with van der Waals surface area (Å²) < 4.78 is 5.09. The van der Waals surface area contributed by atoms with Gasteiger partial charge in [0.15, 0.2) is 6.10 Å². The van der Waals surface area contributed by atoms with Gasteiger partial charge in [-0.3, -0.25) is 4.79 Å². The summed E-state index contributed by atoms with van der Waals surface area (Å²) >= 11 is 11.8. The van der Waals surface area contributed by atoms with Gasteiger partial charge in [0.1, 0.15) is 11.3 Å². The van der Waals surface area contributed by atoms with Crippen molar-refractivity contribution in [3.63, 3.8) is 0 Å². The number of para-hydroxylation sites is 1. The van der Waals surface area contributed by atoms with Gasteiger partial charge in [0, 0.05) is 5.02 Å². The van der Waals surface area contributed by atoms with Gasteiger partial charge in [0.2, 0.25) is 0 Å². The van der Waals surface area contributed by atoms with Crippen LogP contribution in [0.15, 0.2) is 36.4 Å². The minimum atomic E-state index is -1.09. The zero-order chi connectivity index (χ0) is 17.9. The fourth-order valence-corrected chi connectivity index (χ4v) is 2.27. The smallest absolute Gasteiger partial charge is 0.342 e.